The fourth-order valence-electron chi connectivity index (χ4n) is 0.288. The second-order valence-corrected chi connectivity index (χ2v) is 2.94. The van der Waals surface area contributed by atoms with Crippen LogP contribution in [0.25, 0.3) is 0 Å². The molecule has 0 atom stereocenters. The van der Waals surface area contributed by atoms with Gasteiger partial charge in [-0.25, -0.2) is 9.52 Å². The Balaban J connectivity index is 4.05. The number of hydrogen-bond acceptors (Lipinski definition) is 3. The summed E-state index contributed by atoms with van der Waals surface area (Å²) in [6.45, 7) is -0.247. The van der Waals surface area contributed by atoms with E-state index in [1.807, 2.05) is 5.92 Å². The minimum Gasteiger partial charge on any atom is -0.464 e. The van der Waals surface area contributed by atoms with Crippen molar-refractivity contribution in [3.8, 4) is 12.3 Å². The van der Waals surface area contributed by atoms with E-state index in [-0.39, 0.29) is 6.54 Å². The van der Waals surface area contributed by atoms with E-state index in [9.17, 15) is 13.2 Å². The third-order valence-corrected chi connectivity index (χ3v) is 1.55. The number of amides is 1. The highest BCUT2D eigenvalue weighted by Gasteiger charge is 2.10. The molecule has 0 radical (unpaired) electrons. The summed E-state index contributed by atoms with van der Waals surface area (Å²) in [5, 5.41) is 7.97. The summed E-state index contributed by atoms with van der Waals surface area (Å²) in [7, 11) is -3.99. The molecular weight excluding hydrogens is 172 g/mol. The molecule has 6 nitrogen and oxygen atoms in total. The summed E-state index contributed by atoms with van der Waals surface area (Å²) in [4.78, 5) is 9.80. The third-order valence-electron chi connectivity index (χ3n) is 0.586. The van der Waals surface area contributed by atoms with Crippen molar-refractivity contribution in [1.29, 1.82) is 0 Å². The lowest BCUT2D eigenvalue weighted by Crippen LogP contribution is -2.39. The first kappa shape index (κ1) is 9.74. The Morgan fingerprint density at radius 2 is 2.18 bits per heavy atom. The summed E-state index contributed by atoms with van der Waals surface area (Å²) in [5.41, 5.74) is 0. The Hall–Kier alpha value is -1.26. The molecule has 0 saturated heterocycles. The van der Waals surface area contributed by atoms with E-state index < -0.39 is 16.3 Å². The van der Waals surface area contributed by atoms with Gasteiger partial charge in [-0.3, -0.25) is 0 Å². The van der Waals surface area contributed by atoms with Gasteiger partial charge in [0, 0.05) is 0 Å². The number of hydrogen-bond donors (Lipinski definition) is 3. The van der Waals surface area contributed by atoms with E-state index >= 15 is 0 Å². The maximum Gasteiger partial charge on any atom is 0.419 e. The number of nitrogens with one attached hydrogen (secondary N) is 2. The average molecular weight is 178 g/mol. The van der Waals surface area contributed by atoms with Gasteiger partial charge in [0.05, 0.1) is 6.54 Å². The lowest BCUT2D eigenvalue weighted by atomic mass is 10.7. The van der Waals surface area contributed by atoms with Gasteiger partial charge in [-0.2, -0.15) is 13.1 Å². The zero-order chi connectivity index (χ0) is 8.91. The molecule has 0 aromatic rings. The first-order valence-electron chi connectivity index (χ1n) is 2.42. The Morgan fingerprint density at radius 3 is 2.55 bits per heavy atom. The first-order chi connectivity index (χ1) is 4.98. The van der Waals surface area contributed by atoms with Gasteiger partial charge in [0.25, 0.3) is 0 Å². The molecule has 0 heterocycles. The lowest BCUT2D eigenvalue weighted by molar-refractivity contribution is 0.201. The Labute approximate surface area is 63.8 Å². The van der Waals surface area contributed by atoms with E-state index in [2.05, 4.69) is 0 Å². The van der Waals surface area contributed by atoms with Gasteiger partial charge in [0.2, 0.25) is 0 Å². The third kappa shape index (κ3) is 5.20. The van der Waals surface area contributed by atoms with Gasteiger partial charge in [0.15, 0.2) is 0 Å². The van der Waals surface area contributed by atoms with Crippen LogP contribution in [0, 0.1) is 12.3 Å². The van der Waals surface area contributed by atoms with Gasteiger partial charge >= 0.3 is 16.3 Å². The second kappa shape index (κ2) is 3.80. The predicted molar refractivity (Wildman–Crippen MR) is 36.9 cm³/mol. The van der Waals surface area contributed by atoms with Crippen LogP contribution in [-0.2, 0) is 10.2 Å². The molecular formula is C4H6N2O4S. The fourth-order valence-corrected chi connectivity index (χ4v) is 0.863. The molecule has 0 aliphatic rings. The molecule has 0 bridgehead atoms. The lowest BCUT2D eigenvalue weighted by Gasteiger charge is -2.00. The van der Waals surface area contributed by atoms with Gasteiger partial charge in [-0.15, -0.1) is 6.42 Å². The van der Waals surface area contributed by atoms with Crippen LogP contribution in [0.2, 0.25) is 0 Å². The van der Waals surface area contributed by atoms with Gasteiger partial charge < -0.3 is 5.11 Å². The zero-order valence-corrected chi connectivity index (χ0v) is 6.18. The van der Waals surface area contributed by atoms with E-state index in [0.717, 1.165) is 0 Å². The summed E-state index contributed by atoms with van der Waals surface area (Å²) in [5.74, 6) is 1.97. The largest absolute Gasteiger partial charge is 0.464 e. The molecule has 0 aliphatic heterocycles. The van der Waals surface area contributed by atoms with Crippen molar-refractivity contribution in [2.75, 3.05) is 6.54 Å². The monoisotopic (exact) mass is 178 g/mol. The van der Waals surface area contributed by atoms with E-state index in [1.165, 1.54) is 4.72 Å². The number of rotatable bonds is 3. The van der Waals surface area contributed by atoms with E-state index in [0.29, 0.717) is 0 Å². The summed E-state index contributed by atoms with van der Waals surface area (Å²) < 4.78 is 24.0. The Morgan fingerprint density at radius 1 is 1.64 bits per heavy atom. The molecule has 0 aromatic heterocycles. The molecule has 11 heavy (non-hydrogen) atoms. The predicted octanol–water partition coefficient (Wildman–Crippen LogP) is -1.28. The number of terminal acetylenes is 1. The maximum absolute atomic E-state index is 10.5. The van der Waals surface area contributed by atoms with Crippen LogP contribution in [-0.4, -0.2) is 26.2 Å². The van der Waals surface area contributed by atoms with Crippen molar-refractivity contribution >= 4 is 16.3 Å². The minimum atomic E-state index is -3.99. The topological polar surface area (TPSA) is 95.5 Å². The smallest absolute Gasteiger partial charge is 0.419 e. The highest BCUT2D eigenvalue weighted by molar-refractivity contribution is 7.88. The zero-order valence-electron chi connectivity index (χ0n) is 5.36. The van der Waals surface area contributed by atoms with Crippen molar-refractivity contribution in [2.45, 2.75) is 0 Å². The average Bonchev–Trinajstić information content (AvgIpc) is 1.81. The van der Waals surface area contributed by atoms with Crippen molar-refractivity contribution in [2.24, 2.45) is 0 Å². The molecule has 0 rings (SSSR count). The van der Waals surface area contributed by atoms with Crippen molar-refractivity contribution < 1.29 is 18.3 Å². The highest BCUT2D eigenvalue weighted by atomic mass is 32.2. The molecule has 0 aromatic carbocycles. The van der Waals surface area contributed by atoms with Crippen LogP contribution in [0.4, 0.5) is 4.79 Å². The Bertz CT molecular complexity index is 275. The summed E-state index contributed by atoms with van der Waals surface area (Å²) in [6, 6.07) is 0. The van der Waals surface area contributed by atoms with Gasteiger partial charge in [0.1, 0.15) is 0 Å². The molecule has 3 N–H and O–H groups in total. The van der Waals surface area contributed by atoms with Crippen LogP contribution in [0.5, 0.6) is 0 Å². The molecule has 0 spiro atoms. The molecule has 7 heteroatoms. The summed E-state index contributed by atoms with van der Waals surface area (Å²) >= 11 is 0. The SMILES string of the molecule is C#CCNS(=O)(=O)NC(=O)O. The van der Waals surface area contributed by atoms with Crippen molar-refractivity contribution in [3.05, 3.63) is 0 Å². The van der Waals surface area contributed by atoms with Gasteiger partial charge in [-0.1, -0.05) is 5.92 Å². The Kier molecular flexibility index (Phi) is 3.36. The quantitative estimate of drug-likeness (QED) is 0.469. The maximum atomic E-state index is 10.5. The molecule has 62 valence electrons. The molecule has 1 amide bonds. The van der Waals surface area contributed by atoms with Gasteiger partial charge in [-0.05, 0) is 0 Å². The minimum absolute atomic E-state index is 0.247. The first-order valence-corrected chi connectivity index (χ1v) is 3.90. The van der Waals surface area contributed by atoms with Crippen LogP contribution < -0.4 is 9.44 Å². The van der Waals surface area contributed by atoms with E-state index in [1.54, 1.807) is 4.72 Å². The van der Waals surface area contributed by atoms with Crippen LogP contribution >= 0.6 is 0 Å². The van der Waals surface area contributed by atoms with Crippen LogP contribution in [0.3, 0.4) is 0 Å². The molecule has 0 fully saturated rings. The van der Waals surface area contributed by atoms with Crippen molar-refractivity contribution in [1.82, 2.24) is 9.44 Å². The highest BCUT2D eigenvalue weighted by Crippen LogP contribution is 1.74. The fraction of sp³-hybridized carbons (Fsp3) is 0.250. The van der Waals surface area contributed by atoms with Crippen molar-refractivity contribution in [3.63, 3.8) is 0 Å². The van der Waals surface area contributed by atoms with Crippen LogP contribution in [0.1, 0.15) is 0 Å². The molecule has 0 unspecified atom stereocenters. The van der Waals surface area contributed by atoms with Crippen LogP contribution in [0.15, 0.2) is 0 Å². The molecule has 0 saturated carbocycles. The number of carboxylic acid groups (broad SMARTS) is 1. The number of carbonyl (C=O) groups is 1. The molecule has 0 aliphatic carbocycles. The van der Waals surface area contributed by atoms with E-state index in [4.69, 9.17) is 11.5 Å². The summed E-state index contributed by atoms with van der Waals surface area (Å²) in [6.07, 6.45) is 3.06. The normalized spacial score (nSPS) is 10.1. The standard InChI is InChI=1S/C4H6N2O4S/c1-2-3-5-11(9,10)6-4(7)8/h1,5-6H,3H2,(H,7,8). The second-order valence-electron chi connectivity index (χ2n) is 1.44.